The van der Waals surface area contributed by atoms with Crippen molar-refractivity contribution in [1.82, 2.24) is 0 Å². The molecule has 0 aromatic carbocycles. The normalized spacial score (nSPS) is 43.2. The molecule has 4 heteroatoms. The van der Waals surface area contributed by atoms with Gasteiger partial charge in [0.05, 0.1) is 5.92 Å². The van der Waals surface area contributed by atoms with Crippen LogP contribution in [-0.4, -0.2) is 23.0 Å². The molecule has 4 nitrogen and oxygen atoms in total. The summed E-state index contributed by atoms with van der Waals surface area (Å²) >= 11 is 0. The molecule has 1 heterocycles. The molecule has 1 saturated heterocycles. The smallest absolute Gasteiger partial charge is 0.309 e. The van der Waals surface area contributed by atoms with Crippen molar-refractivity contribution in [2.75, 3.05) is 0 Å². The summed E-state index contributed by atoms with van der Waals surface area (Å²) in [5.41, 5.74) is 2.56. The van der Waals surface area contributed by atoms with Crippen molar-refractivity contribution in [2.45, 2.75) is 39.7 Å². The quantitative estimate of drug-likeness (QED) is 0.414. The van der Waals surface area contributed by atoms with Crippen LogP contribution in [0.4, 0.5) is 0 Å². The summed E-state index contributed by atoms with van der Waals surface area (Å²) in [6.07, 6.45) is 5.80. The molecule has 2 aliphatic carbocycles. The molecule has 19 heavy (non-hydrogen) atoms. The second kappa shape index (κ2) is 3.95. The van der Waals surface area contributed by atoms with Gasteiger partial charge in [0.1, 0.15) is 11.8 Å². The third-order valence-electron chi connectivity index (χ3n) is 5.05. The zero-order valence-corrected chi connectivity index (χ0v) is 11.5. The predicted molar refractivity (Wildman–Crippen MR) is 70.9 cm³/mol. The van der Waals surface area contributed by atoms with Crippen LogP contribution in [0, 0.1) is 17.3 Å². The van der Waals surface area contributed by atoms with Crippen molar-refractivity contribution in [2.24, 2.45) is 22.4 Å². The van der Waals surface area contributed by atoms with Gasteiger partial charge < -0.3 is 9.94 Å². The lowest BCUT2D eigenvalue weighted by Gasteiger charge is -2.43. The summed E-state index contributed by atoms with van der Waals surface area (Å²) in [6.45, 7) is 6.07. The molecule has 2 fully saturated rings. The minimum Gasteiger partial charge on any atom is -0.457 e. The van der Waals surface area contributed by atoms with Gasteiger partial charge in [-0.3, -0.25) is 4.79 Å². The molecule has 4 atom stereocenters. The van der Waals surface area contributed by atoms with E-state index >= 15 is 0 Å². The summed E-state index contributed by atoms with van der Waals surface area (Å²) in [5.74, 6) is 0.129. The Morgan fingerprint density at radius 3 is 2.95 bits per heavy atom. The number of hydrogen-bond donors (Lipinski definition) is 1. The standard InChI is InChI=1S/C15H19NO3/c1-8-10-4-6-15(3)7-5-11(16-18)9(2)12(15)13(10)19-14(8)17/h5,7-8,10,13,18H,4,6H2,1-3H3/b16-11+/t8-,10-,13-,15-/m1/s1. The number of allylic oxidation sites excluding steroid dienone is 3. The fraction of sp³-hybridized carbons (Fsp3) is 0.600. The first kappa shape index (κ1) is 12.5. The second-order valence-corrected chi connectivity index (χ2v) is 6.12. The van der Waals surface area contributed by atoms with Gasteiger partial charge in [-0.25, -0.2) is 0 Å². The number of rotatable bonds is 0. The highest BCUT2D eigenvalue weighted by molar-refractivity contribution is 6.09. The van der Waals surface area contributed by atoms with Crippen LogP contribution in [0.2, 0.25) is 0 Å². The Labute approximate surface area is 112 Å². The first-order valence-electron chi connectivity index (χ1n) is 6.81. The van der Waals surface area contributed by atoms with Crippen LogP contribution in [0.5, 0.6) is 0 Å². The Bertz CT molecular complexity index is 532. The van der Waals surface area contributed by atoms with Gasteiger partial charge in [-0.05, 0) is 37.0 Å². The highest BCUT2D eigenvalue weighted by Crippen LogP contribution is 2.53. The second-order valence-electron chi connectivity index (χ2n) is 6.12. The van der Waals surface area contributed by atoms with Crippen LogP contribution in [0.3, 0.4) is 0 Å². The summed E-state index contributed by atoms with van der Waals surface area (Å²) in [6, 6.07) is 0. The van der Waals surface area contributed by atoms with E-state index in [1.807, 2.05) is 19.9 Å². The SMILES string of the molecule is CC1=C2[C@@H]3OC(=O)[C@H](C)[C@H]3CC[C@]2(C)C=C/C1=N\O. The maximum absolute atomic E-state index is 11.8. The average molecular weight is 261 g/mol. The van der Waals surface area contributed by atoms with Crippen LogP contribution < -0.4 is 0 Å². The van der Waals surface area contributed by atoms with E-state index in [0.717, 1.165) is 24.0 Å². The monoisotopic (exact) mass is 261 g/mol. The van der Waals surface area contributed by atoms with Crippen LogP contribution in [-0.2, 0) is 9.53 Å². The molecule has 0 spiro atoms. The molecule has 0 aromatic rings. The molecule has 0 amide bonds. The number of ether oxygens (including phenoxy) is 1. The first-order valence-corrected chi connectivity index (χ1v) is 6.81. The molecule has 0 bridgehead atoms. The first-order chi connectivity index (χ1) is 8.98. The minimum atomic E-state index is -0.150. The fourth-order valence-corrected chi connectivity index (χ4v) is 3.81. The Hall–Kier alpha value is -1.58. The molecule has 102 valence electrons. The van der Waals surface area contributed by atoms with E-state index < -0.39 is 0 Å². The van der Waals surface area contributed by atoms with Crippen LogP contribution >= 0.6 is 0 Å². The highest BCUT2D eigenvalue weighted by atomic mass is 16.6. The molecular weight excluding hydrogens is 242 g/mol. The topological polar surface area (TPSA) is 58.9 Å². The molecule has 3 rings (SSSR count). The van der Waals surface area contributed by atoms with E-state index in [4.69, 9.17) is 9.94 Å². The van der Waals surface area contributed by atoms with Crippen LogP contribution in [0.15, 0.2) is 28.5 Å². The zero-order chi connectivity index (χ0) is 13.8. The van der Waals surface area contributed by atoms with Gasteiger partial charge in [0.2, 0.25) is 0 Å². The predicted octanol–water partition coefficient (Wildman–Crippen LogP) is 2.68. The average Bonchev–Trinajstić information content (AvgIpc) is 2.65. The van der Waals surface area contributed by atoms with Crippen LogP contribution in [0.25, 0.3) is 0 Å². The maximum Gasteiger partial charge on any atom is 0.309 e. The number of fused-ring (bicyclic) bond motifs is 3. The number of carbonyl (C=O) groups excluding carboxylic acids is 1. The Morgan fingerprint density at radius 2 is 2.26 bits per heavy atom. The van der Waals surface area contributed by atoms with E-state index in [-0.39, 0.29) is 29.3 Å². The Balaban J connectivity index is 2.11. The largest absolute Gasteiger partial charge is 0.457 e. The zero-order valence-electron chi connectivity index (χ0n) is 11.5. The van der Waals surface area contributed by atoms with Crippen molar-refractivity contribution in [3.05, 3.63) is 23.3 Å². The Morgan fingerprint density at radius 1 is 1.53 bits per heavy atom. The molecule has 3 aliphatic rings. The third-order valence-corrected chi connectivity index (χ3v) is 5.05. The van der Waals surface area contributed by atoms with Gasteiger partial charge in [-0.2, -0.15) is 0 Å². The molecule has 0 aromatic heterocycles. The van der Waals surface area contributed by atoms with E-state index in [1.165, 1.54) is 0 Å². The van der Waals surface area contributed by atoms with E-state index in [2.05, 4.69) is 18.2 Å². The van der Waals surface area contributed by atoms with Gasteiger partial charge >= 0.3 is 5.97 Å². The molecule has 1 N–H and O–H groups in total. The lowest BCUT2D eigenvalue weighted by atomic mass is 9.61. The van der Waals surface area contributed by atoms with Gasteiger partial charge in [0, 0.05) is 11.3 Å². The lowest BCUT2D eigenvalue weighted by Crippen LogP contribution is -2.39. The molecule has 0 radical (unpaired) electrons. The number of carbonyl (C=O) groups is 1. The van der Waals surface area contributed by atoms with E-state index in [9.17, 15) is 4.79 Å². The molecule has 1 saturated carbocycles. The van der Waals surface area contributed by atoms with Crippen molar-refractivity contribution < 1.29 is 14.7 Å². The number of hydrogen-bond acceptors (Lipinski definition) is 4. The van der Waals surface area contributed by atoms with Gasteiger partial charge in [-0.1, -0.05) is 25.1 Å². The highest BCUT2D eigenvalue weighted by Gasteiger charge is 2.52. The third kappa shape index (κ3) is 1.58. The van der Waals surface area contributed by atoms with Gasteiger partial charge in [0.25, 0.3) is 0 Å². The molecular formula is C15H19NO3. The van der Waals surface area contributed by atoms with E-state index in [0.29, 0.717) is 5.71 Å². The number of oxime groups is 1. The lowest BCUT2D eigenvalue weighted by molar-refractivity contribution is -0.143. The summed E-state index contributed by atoms with van der Waals surface area (Å²) in [7, 11) is 0. The van der Waals surface area contributed by atoms with Gasteiger partial charge in [0.15, 0.2) is 0 Å². The van der Waals surface area contributed by atoms with Crippen molar-refractivity contribution in [1.29, 1.82) is 0 Å². The Kier molecular flexibility index (Phi) is 2.59. The summed E-state index contributed by atoms with van der Waals surface area (Å²) < 4.78 is 5.61. The molecule has 1 aliphatic heterocycles. The maximum atomic E-state index is 11.8. The van der Waals surface area contributed by atoms with Gasteiger partial charge in [-0.15, -0.1) is 0 Å². The van der Waals surface area contributed by atoms with Crippen LogP contribution in [0.1, 0.15) is 33.6 Å². The number of nitrogens with zero attached hydrogens (tertiary/aromatic N) is 1. The minimum absolute atomic E-state index is 0.0322. The van der Waals surface area contributed by atoms with Crippen molar-refractivity contribution in [3.63, 3.8) is 0 Å². The summed E-state index contributed by atoms with van der Waals surface area (Å²) in [4.78, 5) is 11.8. The summed E-state index contributed by atoms with van der Waals surface area (Å²) in [5, 5.41) is 12.4. The van der Waals surface area contributed by atoms with Crippen molar-refractivity contribution in [3.8, 4) is 0 Å². The fourth-order valence-electron chi connectivity index (χ4n) is 3.81. The molecule has 0 unspecified atom stereocenters. The van der Waals surface area contributed by atoms with Crippen molar-refractivity contribution >= 4 is 11.7 Å². The van der Waals surface area contributed by atoms with E-state index in [1.54, 1.807) is 0 Å². The number of esters is 1.